The SMILES string of the molecule is CCCNC(=O)c1cc2[nH]c(=O)n(C3CCN(CC(O)c4ccc(Cl)cc4)CC3)c2cc1F. The minimum absolute atomic E-state index is 0.0737. The lowest BCUT2D eigenvalue weighted by atomic mass is 10.0. The summed E-state index contributed by atoms with van der Waals surface area (Å²) in [4.78, 5) is 29.8. The lowest BCUT2D eigenvalue weighted by molar-refractivity contribution is 0.0906. The highest BCUT2D eigenvalue weighted by Gasteiger charge is 2.26. The number of aliphatic hydroxyl groups is 1. The van der Waals surface area contributed by atoms with Crippen LogP contribution < -0.4 is 11.0 Å². The molecule has 4 rings (SSSR count). The first-order valence-electron chi connectivity index (χ1n) is 11.2. The maximum Gasteiger partial charge on any atom is 0.326 e. The van der Waals surface area contributed by atoms with Gasteiger partial charge in [-0.3, -0.25) is 9.36 Å². The van der Waals surface area contributed by atoms with Crippen LogP contribution in [-0.2, 0) is 0 Å². The van der Waals surface area contributed by atoms with E-state index in [1.54, 1.807) is 16.7 Å². The Hall–Kier alpha value is -2.68. The van der Waals surface area contributed by atoms with Gasteiger partial charge in [-0.15, -0.1) is 0 Å². The Balaban J connectivity index is 1.46. The quantitative estimate of drug-likeness (QED) is 0.487. The van der Waals surface area contributed by atoms with Crippen LogP contribution in [0.3, 0.4) is 0 Å². The van der Waals surface area contributed by atoms with E-state index >= 15 is 0 Å². The largest absolute Gasteiger partial charge is 0.387 e. The Bertz CT molecular complexity index is 1180. The van der Waals surface area contributed by atoms with Gasteiger partial charge in [0.25, 0.3) is 5.91 Å². The number of hydrogen-bond donors (Lipinski definition) is 3. The zero-order valence-electron chi connectivity index (χ0n) is 18.5. The molecule has 0 radical (unpaired) electrons. The normalized spacial score (nSPS) is 16.2. The van der Waals surface area contributed by atoms with Gasteiger partial charge in [0.15, 0.2) is 0 Å². The number of carbonyl (C=O) groups excluding carboxylic acids is 1. The summed E-state index contributed by atoms with van der Waals surface area (Å²) in [5, 5.41) is 13.8. The second-order valence-corrected chi connectivity index (χ2v) is 8.94. The van der Waals surface area contributed by atoms with Crippen LogP contribution in [0.5, 0.6) is 0 Å². The fourth-order valence-corrected chi connectivity index (χ4v) is 4.54. The smallest absolute Gasteiger partial charge is 0.326 e. The summed E-state index contributed by atoms with van der Waals surface area (Å²) in [6.07, 6.45) is 1.51. The van der Waals surface area contributed by atoms with Crippen molar-refractivity contribution in [1.82, 2.24) is 19.8 Å². The number of β-amino-alcohol motifs (C(OH)–C–C–N with tert-alkyl or cyclic N) is 1. The minimum Gasteiger partial charge on any atom is -0.387 e. The molecule has 1 aliphatic heterocycles. The Morgan fingerprint density at radius 1 is 1.27 bits per heavy atom. The van der Waals surface area contributed by atoms with Crippen LogP contribution in [0.15, 0.2) is 41.2 Å². The topological polar surface area (TPSA) is 90.4 Å². The number of aromatic amines is 1. The Labute approximate surface area is 196 Å². The van der Waals surface area contributed by atoms with Gasteiger partial charge in [-0.1, -0.05) is 30.7 Å². The summed E-state index contributed by atoms with van der Waals surface area (Å²) in [7, 11) is 0. The number of nitrogens with one attached hydrogen (secondary N) is 2. The summed E-state index contributed by atoms with van der Waals surface area (Å²) < 4.78 is 16.3. The van der Waals surface area contributed by atoms with Crippen molar-refractivity contribution in [1.29, 1.82) is 0 Å². The van der Waals surface area contributed by atoms with Gasteiger partial charge in [-0.2, -0.15) is 0 Å². The molecule has 1 saturated heterocycles. The number of H-pyrrole nitrogens is 1. The molecule has 0 aliphatic carbocycles. The van der Waals surface area contributed by atoms with E-state index < -0.39 is 17.8 Å². The van der Waals surface area contributed by atoms with Gasteiger partial charge in [-0.25, -0.2) is 9.18 Å². The van der Waals surface area contributed by atoms with Gasteiger partial charge in [0.1, 0.15) is 5.82 Å². The molecule has 1 unspecified atom stereocenters. The molecule has 1 aromatic heterocycles. The zero-order valence-corrected chi connectivity index (χ0v) is 19.2. The van der Waals surface area contributed by atoms with E-state index in [0.717, 1.165) is 12.0 Å². The molecule has 0 saturated carbocycles. The van der Waals surface area contributed by atoms with Crippen LogP contribution in [0.25, 0.3) is 11.0 Å². The first-order chi connectivity index (χ1) is 15.9. The molecule has 0 spiro atoms. The van der Waals surface area contributed by atoms with Crippen molar-refractivity contribution >= 4 is 28.5 Å². The van der Waals surface area contributed by atoms with Gasteiger partial charge in [0, 0.05) is 43.3 Å². The molecule has 3 aromatic rings. The van der Waals surface area contributed by atoms with Crippen LogP contribution in [-0.4, -0.2) is 51.6 Å². The average molecular weight is 475 g/mol. The van der Waals surface area contributed by atoms with Crippen molar-refractivity contribution in [2.75, 3.05) is 26.2 Å². The van der Waals surface area contributed by atoms with Crippen LogP contribution >= 0.6 is 11.6 Å². The van der Waals surface area contributed by atoms with Crippen LogP contribution in [0, 0.1) is 5.82 Å². The number of benzene rings is 2. The number of rotatable bonds is 7. The van der Waals surface area contributed by atoms with Crippen molar-refractivity contribution in [2.45, 2.75) is 38.3 Å². The molecule has 33 heavy (non-hydrogen) atoms. The third-order valence-corrected chi connectivity index (χ3v) is 6.45. The van der Waals surface area contributed by atoms with E-state index in [9.17, 15) is 19.1 Å². The number of hydrogen-bond acceptors (Lipinski definition) is 4. The van der Waals surface area contributed by atoms with Crippen molar-refractivity contribution in [3.05, 3.63) is 68.8 Å². The Morgan fingerprint density at radius 3 is 2.64 bits per heavy atom. The van der Waals surface area contributed by atoms with Crippen LogP contribution in [0.2, 0.25) is 5.02 Å². The summed E-state index contributed by atoms with van der Waals surface area (Å²) >= 11 is 5.92. The standard InChI is InChI=1S/C24H28ClFN4O3/c1-2-9-27-23(32)18-12-20-21(13-19(18)26)30(24(33)28-20)17-7-10-29(11-8-17)14-22(31)15-3-5-16(25)6-4-15/h3-6,12-13,17,22,31H,2,7-11,14H2,1H3,(H,27,32)(H,28,33). The number of aliphatic hydroxyl groups excluding tert-OH is 1. The Kier molecular flexibility index (Phi) is 7.17. The molecule has 3 N–H and O–H groups in total. The van der Waals surface area contributed by atoms with E-state index in [0.29, 0.717) is 55.1 Å². The lowest BCUT2D eigenvalue weighted by Gasteiger charge is -2.33. The van der Waals surface area contributed by atoms with Gasteiger partial charge >= 0.3 is 5.69 Å². The predicted molar refractivity (Wildman–Crippen MR) is 126 cm³/mol. The highest BCUT2D eigenvalue weighted by molar-refractivity contribution is 6.30. The van der Waals surface area contributed by atoms with E-state index in [-0.39, 0.29) is 17.3 Å². The fourth-order valence-electron chi connectivity index (χ4n) is 4.41. The van der Waals surface area contributed by atoms with Gasteiger partial charge in [0.2, 0.25) is 0 Å². The summed E-state index contributed by atoms with van der Waals surface area (Å²) in [5.74, 6) is -1.13. The molecule has 1 amide bonds. The minimum atomic E-state index is -0.646. The Morgan fingerprint density at radius 2 is 1.97 bits per heavy atom. The lowest BCUT2D eigenvalue weighted by Crippen LogP contribution is -2.39. The molecular formula is C24H28ClFN4O3. The number of likely N-dealkylation sites (tertiary alicyclic amines) is 1. The molecule has 9 heteroatoms. The molecule has 2 aromatic carbocycles. The molecular weight excluding hydrogens is 447 g/mol. The summed E-state index contributed by atoms with van der Waals surface area (Å²) in [5.41, 5.74) is 1.34. The van der Waals surface area contributed by atoms with Crippen LogP contribution in [0.1, 0.15) is 54.3 Å². The van der Waals surface area contributed by atoms with E-state index in [4.69, 9.17) is 11.6 Å². The van der Waals surface area contributed by atoms with Crippen molar-refractivity contribution in [3.8, 4) is 0 Å². The number of carbonyl (C=O) groups is 1. The fraction of sp³-hybridized carbons (Fsp3) is 0.417. The monoisotopic (exact) mass is 474 g/mol. The first-order valence-corrected chi connectivity index (χ1v) is 11.6. The molecule has 176 valence electrons. The van der Waals surface area contributed by atoms with E-state index in [1.165, 1.54) is 12.1 Å². The van der Waals surface area contributed by atoms with Crippen LogP contribution in [0.4, 0.5) is 4.39 Å². The first kappa shape index (κ1) is 23.5. The molecule has 7 nitrogen and oxygen atoms in total. The molecule has 1 fully saturated rings. The zero-order chi connectivity index (χ0) is 23.5. The summed E-state index contributed by atoms with van der Waals surface area (Å²) in [6, 6.07) is 9.74. The molecule has 2 heterocycles. The number of halogens is 2. The third-order valence-electron chi connectivity index (χ3n) is 6.19. The second-order valence-electron chi connectivity index (χ2n) is 8.50. The number of piperidine rings is 1. The number of aromatic nitrogens is 2. The van der Waals surface area contributed by atoms with Gasteiger partial charge in [-0.05, 0) is 43.0 Å². The van der Waals surface area contributed by atoms with E-state index in [2.05, 4.69) is 15.2 Å². The highest BCUT2D eigenvalue weighted by atomic mass is 35.5. The maximum atomic E-state index is 14.7. The number of nitrogens with zero attached hydrogens (tertiary/aromatic N) is 2. The van der Waals surface area contributed by atoms with E-state index in [1.807, 2.05) is 19.1 Å². The molecule has 0 bridgehead atoms. The van der Waals surface area contributed by atoms with Crippen molar-refractivity contribution in [2.24, 2.45) is 0 Å². The van der Waals surface area contributed by atoms with Gasteiger partial charge in [0.05, 0.1) is 22.7 Å². The van der Waals surface area contributed by atoms with Gasteiger partial charge < -0.3 is 20.3 Å². The third kappa shape index (κ3) is 5.13. The van der Waals surface area contributed by atoms with Crippen molar-refractivity contribution in [3.63, 3.8) is 0 Å². The second kappa shape index (κ2) is 10.1. The summed E-state index contributed by atoms with van der Waals surface area (Å²) in [6.45, 7) is 4.27. The maximum absolute atomic E-state index is 14.7. The molecule has 1 aliphatic rings. The highest BCUT2D eigenvalue weighted by Crippen LogP contribution is 2.27. The number of imidazole rings is 1. The number of amides is 1. The number of fused-ring (bicyclic) bond motifs is 1. The average Bonchev–Trinajstić information content (AvgIpc) is 3.12. The van der Waals surface area contributed by atoms with Crippen molar-refractivity contribution < 1.29 is 14.3 Å². The predicted octanol–water partition coefficient (Wildman–Crippen LogP) is 3.63. The molecule has 1 atom stereocenters.